The first kappa shape index (κ1) is 25.0. The zero-order valence-corrected chi connectivity index (χ0v) is 19.5. The molecule has 0 radical (unpaired) electrons. The number of benzene rings is 2. The summed E-state index contributed by atoms with van der Waals surface area (Å²) in [6.07, 6.45) is 9.59. The zero-order valence-electron chi connectivity index (χ0n) is 18.7. The summed E-state index contributed by atoms with van der Waals surface area (Å²) in [4.78, 5) is 21.9. The quantitative estimate of drug-likeness (QED) is 0.193. The van der Waals surface area contributed by atoms with Crippen LogP contribution >= 0.6 is 11.8 Å². The Bertz CT molecular complexity index is 717. The maximum absolute atomic E-state index is 10.9. The van der Waals surface area contributed by atoms with Crippen molar-refractivity contribution in [1.82, 2.24) is 0 Å². The average molecular weight is 443 g/mol. The van der Waals surface area contributed by atoms with E-state index in [4.69, 9.17) is 9.47 Å². The molecule has 0 saturated carbocycles. The van der Waals surface area contributed by atoms with Crippen molar-refractivity contribution >= 4 is 23.7 Å². The van der Waals surface area contributed by atoms with Crippen molar-refractivity contribution in [1.29, 1.82) is 0 Å². The van der Waals surface area contributed by atoms with Crippen LogP contribution in [0.3, 0.4) is 0 Å². The molecule has 2 aromatic rings. The van der Waals surface area contributed by atoms with Crippen molar-refractivity contribution in [3.63, 3.8) is 0 Å². The highest BCUT2D eigenvalue weighted by molar-refractivity contribution is 7.99. The van der Waals surface area contributed by atoms with Crippen LogP contribution in [0.1, 0.15) is 63.5 Å². The fourth-order valence-corrected chi connectivity index (χ4v) is 4.32. The summed E-state index contributed by atoms with van der Waals surface area (Å²) in [5.74, 6) is 3.15. The Morgan fingerprint density at radius 2 is 1.00 bits per heavy atom. The standard InChI is InChI=1S/C26H34O4S/c1-21(27)29-25-15-11-23(12-16-25)9-5-3-7-19-31-20-8-4-6-10-24-13-17-26(18-14-24)30-22(2)28/h11-18H,3-10,19-20H2,1-2H3. The molecule has 0 bridgehead atoms. The second kappa shape index (κ2) is 14.7. The van der Waals surface area contributed by atoms with Crippen molar-refractivity contribution in [2.24, 2.45) is 0 Å². The molecule has 0 N–H and O–H groups in total. The number of thioether (sulfide) groups is 1. The third-order valence-corrected chi connectivity index (χ3v) is 6.03. The van der Waals surface area contributed by atoms with Gasteiger partial charge in [-0.3, -0.25) is 9.59 Å². The maximum Gasteiger partial charge on any atom is 0.308 e. The molecule has 5 heteroatoms. The smallest absolute Gasteiger partial charge is 0.308 e. The molecule has 0 spiro atoms. The lowest BCUT2D eigenvalue weighted by atomic mass is 10.1. The van der Waals surface area contributed by atoms with Gasteiger partial charge in [0, 0.05) is 13.8 Å². The average Bonchev–Trinajstić information content (AvgIpc) is 2.73. The Morgan fingerprint density at radius 3 is 1.35 bits per heavy atom. The van der Waals surface area contributed by atoms with Crippen molar-refractivity contribution < 1.29 is 19.1 Å². The van der Waals surface area contributed by atoms with E-state index in [1.54, 1.807) is 0 Å². The van der Waals surface area contributed by atoms with E-state index in [-0.39, 0.29) is 11.9 Å². The molecule has 0 saturated heterocycles. The van der Waals surface area contributed by atoms with Crippen LogP contribution in [0.25, 0.3) is 0 Å². The monoisotopic (exact) mass is 442 g/mol. The van der Waals surface area contributed by atoms with Gasteiger partial charge < -0.3 is 9.47 Å². The second-order valence-corrected chi connectivity index (χ2v) is 8.93. The van der Waals surface area contributed by atoms with Gasteiger partial charge >= 0.3 is 11.9 Å². The summed E-state index contributed by atoms with van der Waals surface area (Å²) in [6, 6.07) is 15.6. The summed E-state index contributed by atoms with van der Waals surface area (Å²) in [7, 11) is 0. The second-order valence-electron chi connectivity index (χ2n) is 7.71. The predicted molar refractivity (Wildman–Crippen MR) is 128 cm³/mol. The highest BCUT2D eigenvalue weighted by atomic mass is 32.2. The van der Waals surface area contributed by atoms with Crippen LogP contribution in [0, 0.1) is 0 Å². The Hall–Kier alpha value is -2.27. The van der Waals surface area contributed by atoms with Crippen molar-refractivity contribution in [3.8, 4) is 11.5 Å². The number of unbranched alkanes of at least 4 members (excludes halogenated alkanes) is 4. The molecular weight excluding hydrogens is 408 g/mol. The highest BCUT2D eigenvalue weighted by Crippen LogP contribution is 2.17. The van der Waals surface area contributed by atoms with E-state index in [1.807, 2.05) is 48.5 Å². The minimum absolute atomic E-state index is 0.280. The molecular formula is C26H34O4S. The van der Waals surface area contributed by atoms with Gasteiger partial charge in [0.15, 0.2) is 0 Å². The molecule has 4 nitrogen and oxygen atoms in total. The molecule has 2 aromatic carbocycles. The summed E-state index contributed by atoms with van der Waals surface area (Å²) < 4.78 is 10.1. The number of carbonyl (C=O) groups excluding carboxylic acids is 2. The Balaban J connectivity index is 1.42. The third kappa shape index (κ3) is 11.6. The molecule has 2 rings (SSSR count). The van der Waals surface area contributed by atoms with Crippen LogP contribution < -0.4 is 9.47 Å². The van der Waals surface area contributed by atoms with Gasteiger partial charge in [0.25, 0.3) is 0 Å². The van der Waals surface area contributed by atoms with Crippen LogP contribution in [0.2, 0.25) is 0 Å². The number of aryl methyl sites for hydroxylation is 2. The van der Waals surface area contributed by atoms with Crippen LogP contribution in [0.5, 0.6) is 11.5 Å². The van der Waals surface area contributed by atoms with Crippen LogP contribution in [0.15, 0.2) is 48.5 Å². The summed E-state index contributed by atoms with van der Waals surface area (Å²) >= 11 is 2.06. The molecule has 168 valence electrons. The number of hydrogen-bond donors (Lipinski definition) is 0. The third-order valence-electron chi connectivity index (χ3n) is 4.88. The number of rotatable bonds is 14. The van der Waals surface area contributed by atoms with E-state index in [0.29, 0.717) is 11.5 Å². The largest absolute Gasteiger partial charge is 0.427 e. The van der Waals surface area contributed by atoms with Gasteiger partial charge in [0.1, 0.15) is 11.5 Å². The lowest BCUT2D eigenvalue weighted by molar-refractivity contribution is -0.132. The molecule has 0 unspecified atom stereocenters. The summed E-state index contributed by atoms with van der Waals surface area (Å²) in [6.45, 7) is 2.84. The fourth-order valence-electron chi connectivity index (χ4n) is 3.30. The van der Waals surface area contributed by atoms with E-state index in [0.717, 1.165) is 12.8 Å². The van der Waals surface area contributed by atoms with E-state index in [1.165, 1.54) is 75.0 Å². The summed E-state index contributed by atoms with van der Waals surface area (Å²) in [5.41, 5.74) is 2.59. The Morgan fingerprint density at radius 1 is 0.613 bits per heavy atom. The van der Waals surface area contributed by atoms with Crippen LogP contribution in [-0.4, -0.2) is 23.4 Å². The normalized spacial score (nSPS) is 10.6. The zero-order chi connectivity index (χ0) is 22.3. The first-order chi connectivity index (χ1) is 15.0. The molecule has 0 fully saturated rings. The Labute approximate surface area is 190 Å². The lowest BCUT2D eigenvalue weighted by Gasteiger charge is -2.05. The number of ether oxygens (including phenoxy) is 2. The molecule has 31 heavy (non-hydrogen) atoms. The van der Waals surface area contributed by atoms with E-state index < -0.39 is 0 Å². The molecule has 0 aliphatic heterocycles. The van der Waals surface area contributed by atoms with Crippen molar-refractivity contribution in [2.75, 3.05) is 11.5 Å². The van der Waals surface area contributed by atoms with Gasteiger partial charge in [0.05, 0.1) is 0 Å². The SMILES string of the molecule is CC(=O)Oc1ccc(CCCCCSCCCCCc2ccc(OC(C)=O)cc2)cc1. The first-order valence-electron chi connectivity index (χ1n) is 11.2. The van der Waals surface area contributed by atoms with Gasteiger partial charge in [0.2, 0.25) is 0 Å². The van der Waals surface area contributed by atoms with Gasteiger partial charge in [-0.25, -0.2) is 0 Å². The Kier molecular flexibility index (Phi) is 11.8. The van der Waals surface area contributed by atoms with Gasteiger partial charge in [-0.2, -0.15) is 11.8 Å². The van der Waals surface area contributed by atoms with E-state index in [2.05, 4.69) is 11.8 Å². The van der Waals surface area contributed by atoms with Crippen molar-refractivity contribution in [2.45, 2.75) is 65.2 Å². The minimum atomic E-state index is -0.280. The van der Waals surface area contributed by atoms with Crippen LogP contribution in [0.4, 0.5) is 0 Å². The van der Waals surface area contributed by atoms with E-state index in [9.17, 15) is 9.59 Å². The molecule has 0 aliphatic rings. The molecule has 0 amide bonds. The number of hydrogen-bond acceptors (Lipinski definition) is 5. The summed E-state index contributed by atoms with van der Waals surface area (Å²) in [5, 5.41) is 0. The van der Waals surface area contributed by atoms with Crippen LogP contribution in [-0.2, 0) is 22.4 Å². The number of esters is 2. The highest BCUT2D eigenvalue weighted by Gasteiger charge is 2.00. The minimum Gasteiger partial charge on any atom is -0.427 e. The van der Waals surface area contributed by atoms with Gasteiger partial charge in [-0.05, 0) is 85.4 Å². The topological polar surface area (TPSA) is 52.6 Å². The number of carbonyl (C=O) groups is 2. The maximum atomic E-state index is 10.9. The molecule has 0 aliphatic carbocycles. The molecule has 0 aromatic heterocycles. The van der Waals surface area contributed by atoms with Gasteiger partial charge in [-0.1, -0.05) is 37.1 Å². The lowest BCUT2D eigenvalue weighted by Crippen LogP contribution is -2.01. The predicted octanol–water partition coefficient (Wildman–Crippen LogP) is 6.40. The molecule has 0 atom stereocenters. The van der Waals surface area contributed by atoms with Gasteiger partial charge in [-0.15, -0.1) is 0 Å². The van der Waals surface area contributed by atoms with Crippen molar-refractivity contribution in [3.05, 3.63) is 59.7 Å². The molecule has 0 heterocycles. The fraction of sp³-hybridized carbons (Fsp3) is 0.462. The first-order valence-corrected chi connectivity index (χ1v) is 12.3. The van der Waals surface area contributed by atoms with E-state index >= 15 is 0 Å².